The first-order valence-electron chi connectivity index (χ1n) is 15.2. The number of cyclic esters (lactones) is 1. The molecule has 1 aromatic heterocycles. The fraction of sp³-hybridized carbons (Fsp3) is 0.441. The Hall–Kier alpha value is -4.31. The second-order valence-electron chi connectivity index (χ2n) is 12.7. The molecular formula is C34H41N5O5. The lowest BCUT2D eigenvalue weighted by atomic mass is 9.82. The molecule has 232 valence electrons. The fourth-order valence-electron chi connectivity index (χ4n) is 5.66. The van der Waals surface area contributed by atoms with Crippen molar-refractivity contribution in [1.82, 2.24) is 26.1 Å². The van der Waals surface area contributed by atoms with Gasteiger partial charge >= 0.3 is 5.97 Å². The second-order valence-corrected chi connectivity index (χ2v) is 12.7. The van der Waals surface area contributed by atoms with Gasteiger partial charge in [-0.1, -0.05) is 44.2 Å². The molecule has 1 saturated heterocycles. The average Bonchev–Trinajstić information content (AvgIpc) is 3.01. The third-order valence-electron chi connectivity index (χ3n) is 8.66. The number of carbonyl (C=O) groups excluding carboxylic acids is 4. The van der Waals surface area contributed by atoms with Crippen LogP contribution in [0.2, 0.25) is 0 Å². The summed E-state index contributed by atoms with van der Waals surface area (Å²) in [5, 5.41) is 8.96. The van der Waals surface area contributed by atoms with E-state index < -0.39 is 41.5 Å². The lowest BCUT2D eigenvalue weighted by Gasteiger charge is -2.35. The van der Waals surface area contributed by atoms with Gasteiger partial charge in [-0.25, -0.2) is 5.43 Å². The molecule has 0 spiro atoms. The summed E-state index contributed by atoms with van der Waals surface area (Å²) < 4.78 is 5.86. The first-order valence-corrected chi connectivity index (χ1v) is 15.2. The highest BCUT2D eigenvalue weighted by Gasteiger charge is 2.37. The number of fused-ring (bicyclic) bond motifs is 7. The van der Waals surface area contributed by atoms with Crippen LogP contribution >= 0.6 is 0 Å². The number of nitrogens with zero attached hydrogens (tertiary/aromatic N) is 2. The maximum absolute atomic E-state index is 13.7. The topological polar surface area (TPSA) is 130 Å². The molecule has 5 rings (SSSR count). The molecule has 7 bridgehead atoms. The normalized spacial score (nSPS) is 24.8. The Balaban J connectivity index is 1.55. The van der Waals surface area contributed by atoms with Crippen LogP contribution < -0.4 is 16.1 Å². The number of amides is 3. The highest BCUT2D eigenvalue weighted by atomic mass is 16.5. The third kappa shape index (κ3) is 6.31. The molecule has 10 nitrogen and oxygen atoms in total. The van der Waals surface area contributed by atoms with Gasteiger partial charge in [0.2, 0.25) is 11.8 Å². The Kier molecular flexibility index (Phi) is 8.74. The van der Waals surface area contributed by atoms with Crippen molar-refractivity contribution in [2.75, 3.05) is 6.54 Å². The molecule has 0 radical (unpaired) electrons. The molecule has 3 N–H and O–H groups in total. The SMILES string of the molecule is CC1NC(=O)C(C(C)C)NC(=O)C(C)(C)c2cccc(c2)-c2cc3cc(ccc3cn2)C(C)OC(=O)C2CCCN(N2)C1=O. The van der Waals surface area contributed by atoms with E-state index in [1.54, 1.807) is 13.1 Å². The van der Waals surface area contributed by atoms with Crippen LogP contribution in [0.1, 0.15) is 71.6 Å². The van der Waals surface area contributed by atoms with Crippen LogP contribution in [0.5, 0.6) is 0 Å². The third-order valence-corrected chi connectivity index (χ3v) is 8.66. The van der Waals surface area contributed by atoms with Crippen LogP contribution in [0.25, 0.3) is 22.0 Å². The van der Waals surface area contributed by atoms with Crippen molar-refractivity contribution in [2.24, 2.45) is 5.92 Å². The summed E-state index contributed by atoms with van der Waals surface area (Å²) in [4.78, 5) is 58.3. The van der Waals surface area contributed by atoms with Gasteiger partial charge in [-0.15, -0.1) is 0 Å². The Labute approximate surface area is 257 Å². The number of benzene rings is 2. The van der Waals surface area contributed by atoms with Gasteiger partial charge in [-0.2, -0.15) is 0 Å². The van der Waals surface area contributed by atoms with Crippen molar-refractivity contribution in [3.8, 4) is 11.3 Å². The molecular weight excluding hydrogens is 558 g/mol. The summed E-state index contributed by atoms with van der Waals surface area (Å²) in [7, 11) is 0. The minimum Gasteiger partial charge on any atom is -0.457 e. The van der Waals surface area contributed by atoms with Crippen molar-refractivity contribution in [2.45, 2.75) is 84.0 Å². The Morgan fingerprint density at radius 2 is 1.75 bits per heavy atom. The highest BCUT2D eigenvalue weighted by Crippen LogP contribution is 2.31. The van der Waals surface area contributed by atoms with E-state index in [1.165, 1.54) is 5.01 Å². The van der Waals surface area contributed by atoms with E-state index in [1.807, 2.05) is 83.1 Å². The van der Waals surface area contributed by atoms with E-state index in [0.717, 1.165) is 33.2 Å². The van der Waals surface area contributed by atoms with Crippen LogP contribution in [0.4, 0.5) is 0 Å². The van der Waals surface area contributed by atoms with E-state index in [-0.39, 0.29) is 17.7 Å². The smallest absolute Gasteiger partial charge is 0.325 e. The summed E-state index contributed by atoms with van der Waals surface area (Å²) in [6.45, 7) is 11.1. The summed E-state index contributed by atoms with van der Waals surface area (Å²) in [5.74, 6) is -1.84. The van der Waals surface area contributed by atoms with Gasteiger partial charge in [0.25, 0.3) is 5.91 Å². The minimum absolute atomic E-state index is 0.241. The van der Waals surface area contributed by atoms with Crippen molar-refractivity contribution >= 4 is 34.5 Å². The van der Waals surface area contributed by atoms with Crippen LogP contribution in [-0.4, -0.2) is 58.4 Å². The van der Waals surface area contributed by atoms with Gasteiger partial charge in [-0.3, -0.25) is 29.2 Å². The Morgan fingerprint density at radius 1 is 0.977 bits per heavy atom. The first kappa shape index (κ1) is 31.1. The lowest BCUT2D eigenvalue weighted by molar-refractivity contribution is -0.157. The number of aromatic nitrogens is 1. The number of hydrogen-bond donors (Lipinski definition) is 3. The predicted molar refractivity (Wildman–Crippen MR) is 167 cm³/mol. The van der Waals surface area contributed by atoms with Crippen molar-refractivity contribution in [3.63, 3.8) is 0 Å². The number of nitrogens with one attached hydrogen (secondary N) is 3. The molecule has 10 heteroatoms. The van der Waals surface area contributed by atoms with Gasteiger partial charge in [-0.05, 0) is 81.2 Å². The number of ether oxygens (including phenoxy) is 1. The van der Waals surface area contributed by atoms with E-state index in [0.29, 0.717) is 19.4 Å². The average molecular weight is 600 g/mol. The molecule has 2 aliphatic heterocycles. The lowest BCUT2D eigenvalue weighted by Crippen LogP contribution is -2.61. The van der Waals surface area contributed by atoms with Crippen molar-refractivity contribution in [1.29, 1.82) is 0 Å². The zero-order valence-electron chi connectivity index (χ0n) is 26.1. The molecule has 1 fully saturated rings. The standard InChI is InChI=1S/C34H41N5O5/c1-19(2)29-30(40)36-20(3)31(41)39-14-8-11-27(38-39)32(42)44-21(4)22-12-13-24-18-35-28(17-25(24)15-22)23-9-7-10-26(16-23)34(5,6)33(43)37-29/h7,9-10,12-13,15-21,27,29,38H,8,11,14H2,1-6H3,(H,36,40)(H,37,43). The summed E-state index contributed by atoms with van der Waals surface area (Å²) in [5.41, 5.74) is 5.21. The summed E-state index contributed by atoms with van der Waals surface area (Å²) in [6, 6.07) is 13.1. The number of esters is 1. The molecule has 3 aromatic rings. The van der Waals surface area contributed by atoms with E-state index in [4.69, 9.17) is 4.74 Å². The zero-order chi connectivity index (χ0) is 31.8. The van der Waals surface area contributed by atoms with Gasteiger partial charge < -0.3 is 15.4 Å². The van der Waals surface area contributed by atoms with Gasteiger partial charge in [0.05, 0.1) is 11.1 Å². The molecule has 2 aliphatic rings. The fourth-order valence-corrected chi connectivity index (χ4v) is 5.66. The summed E-state index contributed by atoms with van der Waals surface area (Å²) >= 11 is 0. The molecule has 0 saturated carbocycles. The zero-order valence-corrected chi connectivity index (χ0v) is 26.1. The predicted octanol–water partition coefficient (Wildman–Crippen LogP) is 3.94. The Morgan fingerprint density at radius 3 is 2.50 bits per heavy atom. The maximum Gasteiger partial charge on any atom is 0.325 e. The molecule has 4 atom stereocenters. The quantitative estimate of drug-likeness (QED) is 0.362. The Bertz CT molecular complexity index is 1600. The van der Waals surface area contributed by atoms with Gasteiger partial charge in [0, 0.05) is 23.7 Å². The van der Waals surface area contributed by atoms with Crippen LogP contribution in [0.15, 0.2) is 54.7 Å². The highest BCUT2D eigenvalue weighted by molar-refractivity contribution is 5.95. The van der Waals surface area contributed by atoms with E-state index >= 15 is 0 Å². The molecule has 3 amide bonds. The van der Waals surface area contributed by atoms with Gasteiger partial charge in [0.1, 0.15) is 24.2 Å². The van der Waals surface area contributed by atoms with Crippen molar-refractivity contribution in [3.05, 3.63) is 65.9 Å². The van der Waals surface area contributed by atoms with E-state index in [9.17, 15) is 19.2 Å². The molecule has 4 unspecified atom stereocenters. The largest absolute Gasteiger partial charge is 0.457 e. The van der Waals surface area contributed by atoms with Crippen LogP contribution in [0, 0.1) is 5.92 Å². The summed E-state index contributed by atoms with van der Waals surface area (Å²) in [6.07, 6.45) is 2.39. The van der Waals surface area contributed by atoms with E-state index in [2.05, 4.69) is 21.0 Å². The number of rotatable bonds is 1. The van der Waals surface area contributed by atoms with Crippen LogP contribution in [-0.2, 0) is 29.3 Å². The van der Waals surface area contributed by atoms with Gasteiger partial charge in [0.15, 0.2) is 0 Å². The molecule has 0 aliphatic carbocycles. The molecule has 2 aromatic carbocycles. The minimum atomic E-state index is -0.974. The molecule has 3 heterocycles. The second kappa shape index (κ2) is 12.4. The number of hydrogen-bond acceptors (Lipinski definition) is 7. The number of carbonyl (C=O) groups is 4. The molecule has 44 heavy (non-hydrogen) atoms. The number of pyridine rings is 1. The van der Waals surface area contributed by atoms with Crippen molar-refractivity contribution < 1.29 is 23.9 Å². The first-order chi connectivity index (χ1) is 20.8. The maximum atomic E-state index is 13.7. The number of hydrazine groups is 1. The monoisotopic (exact) mass is 599 g/mol. The van der Waals surface area contributed by atoms with Crippen LogP contribution in [0.3, 0.4) is 0 Å².